The van der Waals surface area contributed by atoms with Crippen molar-refractivity contribution in [3.05, 3.63) is 24.1 Å². The van der Waals surface area contributed by atoms with Gasteiger partial charge in [-0.3, -0.25) is 4.79 Å². The summed E-state index contributed by atoms with van der Waals surface area (Å²) in [7, 11) is 1.58. The average molecular weight is 291 g/mol. The van der Waals surface area contributed by atoms with Gasteiger partial charge in [-0.25, -0.2) is 4.98 Å². The van der Waals surface area contributed by atoms with Crippen LogP contribution < -0.4 is 10.6 Å². The summed E-state index contributed by atoms with van der Waals surface area (Å²) in [6, 6.07) is 5.32. The van der Waals surface area contributed by atoms with Crippen LogP contribution in [-0.4, -0.2) is 43.8 Å². The number of oxazole rings is 1. The average Bonchev–Trinajstić information content (AvgIpc) is 2.90. The second-order valence-corrected chi connectivity index (χ2v) is 4.78. The molecule has 0 bridgehead atoms. The summed E-state index contributed by atoms with van der Waals surface area (Å²) in [5.74, 6) is 0.345. The Bertz CT molecular complexity index is 634. The molecular weight excluding hydrogens is 274 g/mol. The van der Waals surface area contributed by atoms with Crippen molar-refractivity contribution < 1.29 is 18.7 Å². The van der Waals surface area contributed by atoms with Crippen LogP contribution in [0.25, 0.3) is 11.1 Å². The molecule has 0 unspecified atom stereocenters. The lowest BCUT2D eigenvalue weighted by molar-refractivity contribution is -0.128. The fourth-order valence-electron chi connectivity index (χ4n) is 2.19. The number of nitrogens with one attached hydrogen (secondary N) is 2. The van der Waals surface area contributed by atoms with Crippen molar-refractivity contribution in [2.45, 2.75) is 12.7 Å². The first-order valence-electron chi connectivity index (χ1n) is 6.78. The van der Waals surface area contributed by atoms with Gasteiger partial charge in [-0.15, -0.1) is 0 Å². The SMILES string of the molecule is COCc1nc2cc(NC(=O)[C@H]3CNCCO3)ccc2o1. The molecular formula is C14H17N3O4. The van der Waals surface area contributed by atoms with E-state index in [2.05, 4.69) is 15.6 Å². The summed E-state index contributed by atoms with van der Waals surface area (Å²) in [6.45, 7) is 2.16. The van der Waals surface area contributed by atoms with Crippen LogP contribution >= 0.6 is 0 Å². The van der Waals surface area contributed by atoms with Crippen molar-refractivity contribution in [3.8, 4) is 0 Å². The van der Waals surface area contributed by atoms with E-state index >= 15 is 0 Å². The van der Waals surface area contributed by atoms with E-state index in [0.717, 1.165) is 6.54 Å². The van der Waals surface area contributed by atoms with Crippen LogP contribution in [0.2, 0.25) is 0 Å². The van der Waals surface area contributed by atoms with E-state index in [1.54, 1.807) is 25.3 Å². The van der Waals surface area contributed by atoms with Crippen molar-refractivity contribution in [2.24, 2.45) is 0 Å². The van der Waals surface area contributed by atoms with E-state index in [4.69, 9.17) is 13.9 Å². The van der Waals surface area contributed by atoms with Crippen LogP contribution in [0.1, 0.15) is 5.89 Å². The highest BCUT2D eigenvalue weighted by molar-refractivity contribution is 5.95. The minimum absolute atomic E-state index is 0.165. The molecule has 1 amide bonds. The van der Waals surface area contributed by atoms with E-state index in [1.165, 1.54) is 0 Å². The molecule has 0 radical (unpaired) electrons. The molecule has 21 heavy (non-hydrogen) atoms. The van der Waals surface area contributed by atoms with Crippen LogP contribution in [-0.2, 0) is 20.9 Å². The number of nitrogens with zero attached hydrogens (tertiary/aromatic N) is 1. The molecule has 7 heteroatoms. The number of methoxy groups -OCH3 is 1. The van der Waals surface area contributed by atoms with Crippen LogP contribution in [0.3, 0.4) is 0 Å². The van der Waals surface area contributed by atoms with Crippen LogP contribution in [0.4, 0.5) is 5.69 Å². The van der Waals surface area contributed by atoms with E-state index in [1.807, 2.05) is 0 Å². The van der Waals surface area contributed by atoms with E-state index in [9.17, 15) is 4.79 Å². The third-order valence-electron chi connectivity index (χ3n) is 3.19. The number of carbonyl (C=O) groups excluding carboxylic acids is 1. The van der Waals surface area contributed by atoms with Gasteiger partial charge >= 0.3 is 0 Å². The Morgan fingerprint density at radius 3 is 3.24 bits per heavy atom. The van der Waals surface area contributed by atoms with Gasteiger partial charge in [0.25, 0.3) is 5.91 Å². The molecule has 1 aliphatic heterocycles. The monoisotopic (exact) mass is 291 g/mol. The minimum Gasteiger partial charge on any atom is -0.438 e. The number of carbonyl (C=O) groups is 1. The summed E-state index contributed by atoms with van der Waals surface area (Å²) in [5, 5.41) is 5.95. The zero-order valence-corrected chi connectivity index (χ0v) is 11.7. The molecule has 2 N–H and O–H groups in total. The van der Waals surface area contributed by atoms with E-state index in [-0.39, 0.29) is 5.91 Å². The van der Waals surface area contributed by atoms with Gasteiger partial charge in [0.15, 0.2) is 5.58 Å². The fraction of sp³-hybridized carbons (Fsp3) is 0.429. The maximum absolute atomic E-state index is 12.1. The zero-order chi connectivity index (χ0) is 14.7. The zero-order valence-electron chi connectivity index (χ0n) is 11.7. The van der Waals surface area contributed by atoms with E-state index < -0.39 is 6.10 Å². The van der Waals surface area contributed by atoms with Gasteiger partial charge in [0.2, 0.25) is 5.89 Å². The fourth-order valence-corrected chi connectivity index (χ4v) is 2.19. The van der Waals surface area contributed by atoms with Crippen LogP contribution in [0.15, 0.2) is 22.6 Å². The van der Waals surface area contributed by atoms with Crippen molar-refractivity contribution >= 4 is 22.7 Å². The summed E-state index contributed by atoms with van der Waals surface area (Å²) >= 11 is 0. The Morgan fingerprint density at radius 2 is 2.48 bits per heavy atom. The Kier molecular flexibility index (Phi) is 4.14. The van der Waals surface area contributed by atoms with Gasteiger partial charge in [0.1, 0.15) is 18.2 Å². The highest BCUT2D eigenvalue weighted by Gasteiger charge is 2.21. The predicted octanol–water partition coefficient (Wildman–Crippen LogP) is 0.901. The van der Waals surface area contributed by atoms with Gasteiger partial charge in [-0.1, -0.05) is 0 Å². The number of amides is 1. The molecule has 1 aliphatic rings. The Morgan fingerprint density at radius 1 is 1.57 bits per heavy atom. The Labute approximate surface area is 121 Å². The van der Waals surface area contributed by atoms with Crippen molar-refractivity contribution in [2.75, 3.05) is 32.1 Å². The number of rotatable bonds is 4. The molecule has 7 nitrogen and oxygen atoms in total. The quantitative estimate of drug-likeness (QED) is 0.870. The normalized spacial score (nSPS) is 18.8. The molecule has 1 atom stereocenters. The molecule has 0 saturated carbocycles. The number of benzene rings is 1. The molecule has 2 aromatic rings. The minimum atomic E-state index is -0.462. The Balaban J connectivity index is 1.72. The summed E-state index contributed by atoms with van der Waals surface area (Å²) in [4.78, 5) is 16.4. The number of ether oxygens (including phenoxy) is 2. The van der Waals surface area contributed by atoms with Gasteiger partial charge < -0.3 is 24.5 Å². The van der Waals surface area contributed by atoms with Crippen molar-refractivity contribution in [3.63, 3.8) is 0 Å². The van der Waals surface area contributed by atoms with Gasteiger partial charge in [-0.2, -0.15) is 0 Å². The van der Waals surface area contributed by atoms with E-state index in [0.29, 0.717) is 42.4 Å². The second kappa shape index (κ2) is 6.21. The molecule has 0 aliphatic carbocycles. The summed E-state index contributed by atoms with van der Waals surface area (Å²) in [5.41, 5.74) is 2.01. The molecule has 1 aromatic heterocycles. The van der Waals surface area contributed by atoms with Crippen molar-refractivity contribution in [1.82, 2.24) is 10.3 Å². The molecule has 3 rings (SSSR count). The second-order valence-electron chi connectivity index (χ2n) is 4.78. The number of anilines is 1. The third kappa shape index (κ3) is 3.21. The number of hydrogen-bond acceptors (Lipinski definition) is 6. The van der Waals surface area contributed by atoms with Crippen LogP contribution in [0, 0.1) is 0 Å². The first-order valence-corrected chi connectivity index (χ1v) is 6.78. The Hall–Kier alpha value is -1.96. The van der Waals surface area contributed by atoms with Crippen molar-refractivity contribution in [1.29, 1.82) is 0 Å². The summed E-state index contributed by atoms with van der Waals surface area (Å²) < 4.78 is 15.9. The lowest BCUT2D eigenvalue weighted by Crippen LogP contribution is -2.45. The number of morpholine rings is 1. The standard InChI is InChI=1S/C14H17N3O4/c1-19-8-13-17-10-6-9(2-3-11(10)21-13)16-14(18)12-7-15-4-5-20-12/h2-3,6,12,15H,4-5,7-8H2,1H3,(H,16,18)/t12-/m1/s1. The predicted molar refractivity (Wildman–Crippen MR) is 76.0 cm³/mol. The van der Waals surface area contributed by atoms with Crippen LogP contribution in [0.5, 0.6) is 0 Å². The smallest absolute Gasteiger partial charge is 0.254 e. The lowest BCUT2D eigenvalue weighted by atomic mass is 10.2. The lowest BCUT2D eigenvalue weighted by Gasteiger charge is -2.22. The number of aromatic nitrogens is 1. The highest BCUT2D eigenvalue weighted by atomic mass is 16.5. The first kappa shape index (κ1) is 14.0. The molecule has 2 heterocycles. The molecule has 0 spiro atoms. The molecule has 1 fully saturated rings. The number of fused-ring (bicyclic) bond motifs is 1. The third-order valence-corrected chi connectivity index (χ3v) is 3.19. The van der Waals surface area contributed by atoms with Gasteiger partial charge in [-0.05, 0) is 18.2 Å². The largest absolute Gasteiger partial charge is 0.438 e. The topological polar surface area (TPSA) is 85.6 Å². The molecule has 1 aromatic carbocycles. The highest BCUT2D eigenvalue weighted by Crippen LogP contribution is 2.20. The number of hydrogen-bond donors (Lipinski definition) is 2. The maximum atomic E-state index is 12.1. The first-order chi connectivity index (χ1) is 10.3. The maximum Gasteiger partial charge on any atom is 0.254 e. The molecule has 1 saturated heterocycles. The van der Waals surface area contributed by atoms with Gasteiger partial charge in [0.05, 0.1) is 6.61 Å². The molecule has 112 valence electrons. The van der Waals surface area contributed by atoms with Gasteiger partial charge in [0, 0.05) is 25.9 Å². The summed E-state index contributed by atoms with van der Waals surface area (Å²) in [6.07, 6.45) is -0.462.